The fourth-order valence-electron chi connectivity index (χ4n) is 6.02. The van der Waals surface area contributed by atoms with E-state index in [0.29, 0.717) is 24.7 Å². The van der Waals surface area contributed by atoms with Crippen LogP contribution in [0.5, 0.6) is 0 Å². The summed E-state index contributed by atoms with van der Waals surface area (Å²) in [4.78, 5) is 0. The van der Waals surface area contributed by atoms with Gasteiger partial charge in [0.05, 0.1) is 18.3 Å². The Morgan fingerprint density at radius 1 is 0.955 bits per heavy atom. The van der Waals surface area contributed by atoms with Crippen LogP contribution in [0.25, 0.3) is 0 Å². The normalized spacial score (nSPS) is 54.0. The third-order valence-electron chi connectivity index (χ3n) is 7.60. The number of rotatable bonds is 0. The zero-order chi connectivity index (χ0) is 15.7. The van der Waals surface area contributed by atoms with Crippen molar-refractivity contribution < 1.29 is 15.3 Å². The number of aliphatic hydroxyl groups excluding tert-OH is 3. The summed E-state index contributed by atoms with van der Waals surface area (Å²) in [6, 6.07) is 0. The van der Waals surface area contributed by atoms with E-state index in [9.17, 15) is 15.3 Å². The van der Waals surface area contributed by atoms with Crippen LogP contribution in [0.1, 0.15) is 52.4 Å². The molecular weight excluding hydrogens is 276 g/mol. The molecule has 4 aliphatic carbocycles. The van der Waals surface area contributed by atoms with Crippen molar-refractivity contribution in [1.82, 2.24) is 0 Å². The molecule has 22 heavy (non-hydrogen) atoms. The number of hydrogen-bond acceptors (Lipinski definition) is 3. The Labute approximate surface area is 132 Å². The lowest BCUT2D eigenvalue weighted by Gasteiger charge is -2.55. The predicted octanol–water partition coefficient (Wildman–Crippen LogP) is 2.56. The number of aliphatic hydroxyl groups is 3. The van der Waals surface area contributed by atoms with Crippen molar-refractivity contribution in [3.05, 3.63) is 23.3 Å². The highest BCUT2D eigenvalue weighted by Crippen LogP contribution is 2.63. The van der Waals surface area contributed by atoms with Crippen molar-refractivity contribution in [2.45, 2.75) is 70.7 Å². The summed E-state index contributed by atoms with van der Waals surface area (Å²) in [6.07, 6.45) is 8.59. The van der Waals surface area contributed by atoms with Gasteiger partial charge >= 0.3 is 0 Å². The van der Waals surface area contributed by atoms with Crippen LogP contribution in [0.4, 0.5) is 0 Å². The SMILES string of the molecule is C[C@]12CC[C@H]3C(=CC=C4C[C@@H](O)C[C@H](O)[C@@]43C)[C@@H]1CC[C@@H]2O. The first-order valence-electron chi connectivity index (χ1n) is 8.82. The lowest BCUT2D eigenvalue weighted by molar-refractivity contribution is -0.0585. The molecule has 3 saturated carbocycles. The molecule has 0 aromatic rings. The van der Waals surface area contributed by atoms with Crippen LogP contribution in [-0.2, 0) is 0 Å². The van der Waals surface area contributed by atoms with Crippen LogP contribution in [0.15, 0.2) is 23.3 Å². The molecule has 3 fully saturated rings. The molecule has 0 aromatic heterocycles. The van der Waals surface area contributed by atoms with Crippen molar-refractivity contribution in [3.63, 3.8) is 0 Å². The maximum absolute atomic E-state index is 10.8. The summed E-state index contributed by atoms with van der Waals surface area (Å²) in [7, 11) is 0. The van der Waals surface area contributed by atoms with E-state index in [0.717, 1.165) is 25.7 Å². The Balaban J connectivity index is 1.76. The molecule has 3 N–H and O–H groups in total. The van der Waals surface area contributed by atoms with Crippen LogP contribution < -0.4 is 0 Å². The molecule has 4 rings (SSSR count). The molecule has 0 saturated heterocycles. The first-order chi connectivity index (χ1) is 10.4. The van der Waals surface area contributed by atoms with E-state index in [1.807, 2.05) is 0 Å². The smallest absolute Gasteiger partial charge is 0.0661 e. The van der Waals surface area contributed by atoms with E-state index >= 15 is 0 Å². The van der Waals surface area contributed by atoms with E-state index in [4.69, 9.17) is 0 Å². The molecule has 0 heterocycles. The van der Waals surface area contributed by atoms with E-state index in [1.54, 1.807) is 0 Å². The minimum atomic E-state index is -0.466. The summed E-state index contributed by atoms with van der Waals surface area (Å²) >= 11 is 0. The van der Waals surface area contributed by atoms with E-state index in [-0.39, 0.29) is 16.9 Å². The second kappa shape index (κ2) is 4.68. The minimum Gasteiger partial charge on any atom is -0.393 e. The average molecular weight is 304 g/mol. The van der Waals surface area contributed by atoms with E-state index in [1.165, 1.54) is 11.1 Å². The zero-order valence-corrected chi connectivity index (χ0v) is 13.6. The third-order valence-corrected chi connectivity index (χ3v) is 7.60. The number of hydrogen-bond donors (Lipinski definition) is 3. The highest BCUT2D eigenvalue weighted by atomic mass is 16.3. The summed E-state index contributed by atoms with van der Waals surface area (Å²) in [5.41, 5.74) is 2.46. The largest absolute Gasteiger partial charge is 0.393 e. The zero-order valence-electron chi connectivity index (χ0n) is 13.6. The molecule has 122 valence electrons. The molecule has 0 aliphatic heterocycles. The fraction of sp³-hybridized carbons (Fsp3) is 0.789. The maximum atomic E-state index is 10.8. The average Bonchev–Trinajstić information content (AvgIpc) is 2.77. The van der Waals surface area contributed by atoms with Crippen molar-refractivity contribution in [2.24, 2.45) is 22.7 Å². The van der Waals surface area contributed by atoms with Gasteiger partial charge in [-0.15, -0.1) is 0 Å². The van der Waals surface area contributed by atoms with Gasteiger partial charge in [0.2, 0.25) is 0 Å². The van der Waals surface area contributed by atoms with Gasteiger partial charge in [-0.25, -0.2) is 0 Å². The van der Waals surface area contributed by atoms with Gasteiger partial charge in [0.25, 0.3) is 0 Å². The summed E-state index contributed by atoms with van der Waals surface area (Å²) in [5, 5.41) is 31.2. The fourth-order valence-corrected chi connectivity index (χ4v) is 6.02. The molecule has 0 aromatic carbocycles. The monoisotopic (exact) mass is 304 g/mol. The van der Waals surface area contributed by atoms with Crippen LogP contribution in [0.3, 0.4) is 0 Å². The molecule has 0 unspecified atom stereocenters. The number of allylic oxidation sites excluding steroid dienone is 3. The van der Waals surface area contributed by atoms with Gasteiger partial charge in [-0.05, 0) is 43.9 Å². The van der Waals surface area contributed by atoms with Crippen molar-refractivity contribution in [2.75, 3.05) is 0 Å². The molecule has 7 atom stereocenters. The molecule has 3 nitrogen and oxygen atoms in total. The summed E-state index contributed by atoms with van der Waals surface area (Å²) in [5.74, 6) is 0.827. The second-order valence-electron chi connectivity index (χ2n) is 8.49. The van der Waals surface area contributed by atoms with E-state index < -0.39 is 12.2 Å². The summed E-state index contributed by atoms with van der Waals surface area (Å²) < 4.78 is 0. The molecule has 0 amide bonds. The molecular formula is C19H28O3. The topological polar surface area (TPSA) is 60.7 Å². The van der Waals surface area contributed by atoms with Gasteiger partial charge in [-0.3, -0.25) is 0 Å². The van der Waals surface area contributed by atoms with E-state index in [2.05, 4.69) is 26.0 Å². The first kappa shape index (κ1) is 14.9. The highest BCUT2D eigenvalue weighted by molar-refractivity contribution is 5.40. The maximum Gasteiger partial charge on any atom is 0.0661 e. The lowest BCUT2D eigenvalue weighted by atomic mass is 9.50. The molecule has 3 heteroatoms. The van der Waals surface area contributed by atoms with Crippen LogP contribution >= 0.6 is 0 Å². The standard InChI is InChI=1S/C19H28O3/c1-18-8-7-15-13(14(18)5-6-16(18)21)4-3-11-9-12(20)10-17(22)19(11,15)2/h3-4,12,14-17,20-22H,5-10H2,1-2H3/t12-,14+,15+,16+,17+,18+,19+/m1/s1. The second-order valence-corrected chi connectivity index (χ2v) is 8.49. The third kappa shape index (κ3) is 1.73. The Morgan fingerprint density at radius 3 is 2.50 bits per heavy atom. The predicted molar refractivity (Wildman–Crippen MR) is 85.1 cm³/mol. The van der Waals surface area contributed by atoms with Gasteiger partial charge in [0.1, 0.15) is 0 Å². The van der Waals surface area contributed by atoms with Gasteiger partial charge < -0.3 is 15.3 Å². The van der Waals surface area contributed by atoms with Gasteiger partial charge in [0, 0.05) is 17.3 Å². The quantitative estimate of drug-likeness (QED) is 0.644. The van der Waals surface area contributed by atoms with Crippen LogP contribution in [0, 0.1) is 22.7 Å². The first-order valence-corrected chi connectivity index (χ1v) is 8.82. The Morgan fingerprint density at radius 2 is 1.73 bits per heavy atom. The molecule has 0 spiro atoms. The Bertz CT molecular complexity index is 551. The van der Waals surface area contributed by atoms with Crippen molar-refractivity contribution >= 4 is 0 Å². The van der Waals surface area contributed by atoms with Gasteiger partial charge in [-0.2, -0.15) is 0 Å². The van der Waals surface area contributed by atoms with Crippen molar-refractivity contribution in [1.29, 1.82) is 0 Å². The van der Waals surface area contributed by atoms with Crippen LogP contribution in [-0.4, -0.2) is 33.6 Å². The number of fused-ring (bicyclic) bond motifs is 5. The lowest BCUT2D eigenvalue weighted by Crippen LogP contribution is -2.52. The molecule has 4 aliphatic rings. The Kier molecular flexibility index (Phi) is 3.18. The van der Waals surface area contributed by atoms with Gasteiger partial charge in [0.15, 0.2) is 0 Å². The Hall–Kier alpha value is -0.640. The minimum absolute atomic E-state index is 0.0170. The van der Waals surface area contributed by atoms with Crippen molar-refractivity contribution in [3.8, 4) is 0 Å². The van der Waals surface area contributed by atoms with Gasteiger partial charge in [-0.1, -0.05) is 37.1 Å². The molecule has 0 bridgehead atoms. The molecule has 0 radical (unpaired) electrons. The van der Waals surface area contributed by atoms with Crippen LogP contribution in [0.2, 0.25) is 0 Å². The highest BCUT2D eigenvalue weighted by Gasteiger charge is 2.58. The summed E-state index contributed by atoms with van der Waals surface area (Å²) in [6.45, 7) is 4.44.